The van der Waals surface area contributed by atoms with Crippen molar-refractivity contribution < 1.29 is 17.9 Å². The number of ether oxygens (including phenoxy) is 1. The highest BCUT2D eigenvalue weighted by molar-refractivity contribution is 7.92. The van der Waals surface area contributed by atoms with Gasteiger partial charge in [0, 0.05) is 6.42 Å². The SMILES string of the molecule is O=C1O[C@@H](c2ccccc2)C[C@H]1S(=O)(=O)c1ccccc1. The van der Waals surface area contributed by atoms with Gasteiger partial charge < -0.3 is 4.74 Å². The normalized spacial score (nSPS) is 22.0. The molecule has 2 aromatic carbocycles. The fourth-order valence-electron chi connectivity index (χ4n) is 2.45. The molecule has 0 bridgehead atoms. The second-order valence-corrected chi connectivity index (χ2v) is 7.05. The lowest BCUT2D eigenvalue weighted by Gasteiger charge is -2.09. The van der Waals surface area contributed by atoms with E-state index in [1.807, 2.05) is 30.3 Å². The van der Waals surface area contributed by atoms with E-state index >= 15 is 0 Å². The highest BCUT2D eigenvalue weighted by Gasteiger charge is 2.44. The molecule has 5 heteroatoms. The van der Waals surface area contributed by atoms with Gasteiger partial charge in [0.2, 0.25) is 0 Å². The minimum atomic E-state index is -3.70. The Hall–Kier alpha value is -2.14. The lowest BCUT2D eigenvalue weighted by molar-refractivity contribution is -0.141. The number of hydrogen-bond donors (Lipinski definition) is 0. The summed E-state index contributed by atoms with van der Waals surface area (Å²) in [4.78, 5) is 12.1. The maximum atomic E-state index is 12.5. The number of rotatable bonds is 3. The summed E-state index contributed by atoms with van der Waals surface area (Å²) in [6, 6.07) is 17.2. The van der Waals surface area contributed by atoms with Crippen LogP contribution in [0.25, 0.3) is 0 Å². The maximum Gasteiger partial charge on any atom is 0.325 e. The Bertz CT molecular complexity index is 738. The predicted molar refractivity (Wildman–Crippen MR) is 77.3 cm³/mol. The molecule has 108 valence electrons. The number of carbonyl (C=O) groups excluding carboxylic acids is 1. The molecule has 1 aliphatic rings. The molecule has 0 amide bonds. The summed E-state index contributed by atoms with van der Waals surface area (Å²) in [5, 5.41) is -1.13. The van der Waals surface area contributed by atoms with Crippen LogP contribution in [0.4, 0.5) is 0 Å². The molecule has 3 rings (SSSR count). The van der Waals surface area contributed by atoms with E-state index < -0.39 is 27.2 Å². The van der Waals surface area contributed by atoms with Gasteiger partial charge in [-0.1, -0.05) is 48.5 Å². The topological polar surface area (TPSA) is 60.4 Å². The number of cyclic esters (lactones) is 1. The molecule has 0 aliphatic carbocycles. The van der Waals surface area contributed by atoms with Crippen molar-refractivity contribution in [1.82, 2.24) is 0 Å². The highest BCUT2D eigenvalue weighted by atomic mass is 32.2. The number of hydrogen-bond acceptors (Lipinski definition) is 4. The van der Waals surface area contributed by atoms with Crippen molar-refractivity contribution in [2.75, 3.05) is 0 Å². The molecule has 0 aromatic heterocycles. The first-order valence-electron chi connectivity index (χ1n) is 6.63. The Balaban J connectivity index is 1.89. The third-order valence-electron chi connectivity index (χ3n) is 3.57. The van der Waals surface area contributed by atoms with Crippen LogP contribution in [0.15, 0.2) is 65.6 Å². The molecule has 0 saturated carbocycles. The summed E-state index contributed by atoms with van der Waals surface area (Å²) in [6.07, 6.45) is -0.345. The molecule has 21 heavy (non-hydrogen) atoms. The maximum absolute atomic E-state index is 12.5. The average Bonchev–Trinajstić information content (AvgIpc) is 2.92. The van der Waals surface area contributed by atoms with Gasteiger partial charge in [-0.2, -0.15) is 0 Å². The zero-order valence-electron chi connectivity index (χ0n) is 11.2. The number of carbonyl (C=O) groups is 1. The van der Waals surface area contributed by atoms with Gasteiger partial charge in [-0.3, -0.25) is 4.79 Å². The third-order valence-corrected chi connectivity index (χ3v) is 5.63. The van der Waals surface area contributed by atoms with Crippen LogP contribution < -0.4 is 0 Å². The molecule has 0 radical (unpaired) electrons. The summed E-state index contributed by atoms with van der Waals surface area (Å²) in [5.74, 6) is -0.673. The van der Waals surface area contributed by atoms with Crippen LogP contribution in [-0.4, -0.2) is 19.6 Å². The molecule has 1 saturated heterocycles. The first-order valence-corrected chi connectivity index (χ1v) is 8.18. The first-order chi connectivity index (χ1) is 10.1. The van der Waals surface area contributed by atoms with Crippen LogP contribution in [0.3, 0.4) is 0 Å². The van der Waals surface area contributed by atoms with Gasteiger partial charge >= 0.3 is 5.97 Å². The van der Waals surface area contributed by atoms with Gasteiger partial charge in [0.1, 0.15) is 6.10 Å². The van der Waals surface area contributed by atoms with Crippen molar-refractivity contribution in [2.24, 2.45) is 0 Å². The smallest absolute Gasteiger partial charge is 0.325 e. The molecule has 2 aromatic rings. The minimum Gasteiger partial charge on any atom is -0.456 e. The molecule has 0 spiro atoms. The van der Waals surface area contributed by atoms with Crippen molar-refractivity contribution >= 4 is 15.8 Å². The van der Waals surface area contributed by atoms with Crippen molar-refractivity contribution in [2.45, 2.75) is 22.7 Å². The quantitative estimate of drug-likeness (QED) is 0.817. The summed E-state index contributed by atoms with van der Waals surface area (Å²) in [5.41, 5.74) is 0.816. The Morgan fingerprint density at radius 3 is 2.10 bits per heavy atom. The summed E-state index contributed by atoms with van der Waals surface area (Å²) in [7, 11) is -3.70. The van der Waals surface area contributed by atoms with Gasteiger partial charge in [-0.25, -0.2) is 8.42 Å². The molecular formula is C16H14O4S. The average molecular weight is 302 g/mol. The van der Waals surface area contributed by atoms with Gasteiger partial charge in [0.25, 0.3) is 0 Å². The Morgan fingerprint density at radius 2 is 1.48 bits per heavy atom. The van der Waals surface area contributed by atoms with Gasteiger partial charge in [-0.15, -0.1) is 0 Å². The Morgan fingerprint density at radius 1 is 0.905 bits per heavy atom. The summed E-state index contributed by atoms with van der Waals surface area (Å²) < 4.78 is 30.3. The molecule has 0 N–H and O–H groups in total. The van der Waals surface area contributed by atoms with Gasteiger partial charge in [0.15, 0.2) is 15.1 Å². The van der Waals surface area contributed by atoms with E-state index in [1.165, 1.54) is 12.1 Å². The van der Waals surface area contributed by atoms with Crippen LogP contribution in [0, 0.1) is 0 Å². The standard InChI is InChI=1S/C16H14O4S/c17-16-15(21(18,19)13-9-5-2-6-10-13)11-14(20-16)12-7-3-1-4-8-12/h1-10,14-15H,11H2/t14-,15-/m1/s1. The molecule has 4 nitrogen and oxygen atoms in total. The minimum absolute atomic E-state index is 0.153. The monoisotopic (exact) mass is 302 g/mol. The Kier molecular flexibility index (Phi) is 3.51. The van der Waals surface area contributed by atoms with E-state index in [-0.39, 0.29) is 11.3 Å². The molecule has 2 atom stereocenters. The van der Waals surface area contributed by atoms with Gasteiger partial charge in [0.05, 0.1) is 4.90 Å². The fourth-order valence-corrected chi connectivity index (χ4v) is 4.06. The lowest BCUT2D eigenvalue weighted by atomic mass is 10.1. The van der Waals surface area contributed by atoms with E-state index in [0.29, 0.717) is 0 Å². The van der Waals surface area contributed by atoms with Crippen LogP contribution >= 0.6 is 0 Å². The predicted octanol–water partition coefficient (Wildman–Crippen LogP) is 2.52. The van der Waals surface area contributed by atoms with E-state index in [4.69, 9.17) is 4.74 Å². The molecule has 1 aliphatic heterocycles. The van der Waals surface area contributed by atoms with Crippen LogP contribution in [0.5, 0.6) is 0 Å². The molecule has 1 heterocycles. The van der Waals surface area contributed by atoms with Crippen molar-refractivity contribution in [1.29, 1.82) is 0 Å². The van der Waals surface area contributed by atoms with Crippen molar-refractivity contribution in [3.8, 4) is 0 Å². The second kappa shape index (κ2) is 5.33. The van der Waals surface area contributed by atoms with Crippen LogP contribution in [-0.2, 0) is 19.4 Å². The Labute approximate surface area is 123 Å². The van der Waals surface area contributed by atoms with E-state index in [0.717, 1.165) is 5.56 Å². The van der Waals surface area contributed by atoms with E-state index in [2.05, 4.69) is 0 Å². The third kappa shape index (κ3) is 2.56. The van der Waals surface area contributed by atoms with E-state index in [9.17, 15) is 13.2 Å². The van der Waals surface area contributed by atoms with Crippen LogP contribution in [0.2, 0.25) is 0 Å². The lowest BCUT2D eigenvalue weighted by Crippen LogP contribution is -2.25. The summed E-state index contributed by atoms with van der Waals surface area (Å²) >= 11 is 0. The first kappa shape index (κ1) is 13.8. The van der Waals surface area contributed by atoms with Crippen molar-refractivity contribution in [3.05, 3.63) is 66.2 Å². The molecule has 1 fully saturated rings. The number of benzene rings is 2. The van der Waals surface area contributed by atoms with Gasteiger partial charge in [-0.05, 0) is 17.7 Å². The molecule has 0 unspecified atom stereocenters. The van der Waals surface area contributed by atoms with Crippen LogP contribution in [0.1, 0.15) is 18.1 Å². The largest absolute Gasteiger partial charge is 0.456 e. The number of esters is 1. The van der Waals surface area contributed by atoms with Crippen molar-refractivity contribution in [3.63, 3.8) is 0 Å². The van der Waals surface area contributed by atoms with E-state index in [1.54, 1.807) is 18.2 Å². The second-order valence-electron chi connectivity index (χ2n) is 4.92. The zero-order valence-corrected chi connectivity index (χ0v) is 12.0. The summed E-state index contributed by atoms with van der Waals surface area (Å²) in [6.45, 7) is 0. The fraction of sp³-hybridized carbons (Fsp3) is 0.188. The number of sulfone groups is 1. The zero-order chi connectivity index (χ0) is 14.9. The highest BCUT2D eigenvalue weighted by Crippen LogP contribution is 2.35. The molecular weight excluding hydrogens is 288 g/mol.